The Morgan fingerprint density at radius 2 is 1.93 bits per heavy atom. The Balaban J connectivity index is 1.32. The molecule has 0 unspecified atom stereocenters. The van der Waals surface area contributed by atoms with Gasteiger partial charge in [0.2, 0.25) is 0 Å². The van der Waals surface area contributed by atoms with Gasteiger partial charge in [-0.25, -0.2) is 24.3 Å². The minimum Gasteiger partial charge on any atom is -0.367 e. The van der Waals surface area contributed by atoms with Crippen LogP contribution >= 0.6 is 0 Å². The van der Waals surface area contributed by atoms with Gasteiger partial charge in [-0.3, -0.25) is 9.48 Å². The number of aromatic nitrogens is 9. The monoisotopic (exact) mass is 406 g/mol. The Morgan fingerprint density at radius 3 is 2.70 bits per heavy atom. The Morgan fingerprint density at radius 1 is 1.10 bits per heavy atom. The van der Waals surface area contributed by atoms with Crippen molar-refractivity contribution in [2.45, 2.75) is 44.7 Å². The van der Waals surface area contributed by atoms with E-state index in [1.54, 1.807) is 32.6 Å². The van der Waals surface area contributed by atoms with Gasteiger partial charge >= 0.3 is 0 Å². The lowest BCUT2D eigenvalue weighted by atomic mass is 9.91. The molecule has 0 amide bonds. The summed E-state index contributed by atoms with van der Waals surface area (Å²) in [6.07, 6.45) is 8.34. The summed E-state index contributed by atoms with van der Waals surface area (Å²) >= 11 is 0. The summed E-state index contributed by atoms with van der Waals surface area (Å²) < 4.78 is 4.90. The van der Waals surface area contributed by atoms with Crippen molar-refractivity contribution in [2.24, 2.45) is 7.05 Å². The van der Waals surface area contributed by atoms with Gasteiger partial charge in [0.15, 0.2) is 11.5 Å². The molecular formula is C19H22N10O. The van der Waals surface area contributed by atoms with Crippen molar-refractivity contribution in [3.63, 3.8) is 0 Å². The summed E-state index contributed by atoms with van der Waals surface area (Å²) in [7, 11) is 1.88. The van der Waals surface area contributed by atoms with E-state index in [9.17, 15) is 4.79 Å². The average Bonchev–Trinajstić information content (AvgIpc) is 3.40. The van der Waals surface area contributed by atoms with Crippen LogP contribution < -0.4 is 10.9 Å². The van der Waals surface area contributed by atoms with E-state index < -0.39 is 0 Å². The van der Waals surface area contributed by atoms with E-state index in [0.29, 0.717) is 11.6 Å². The van der Waals surface area contributed by atoms with Crippen molar-refractivity contribution in [2.75, 3.05) is 5.32 Å². The van der Waals surface area contributed by atoms with Crippen LogP contribution in [0.4, 0.5) is 5.82 Å². The van der Waals surface area contributed by atoms with Crippen LogP contribution in [0.3, 0.4) is 0 Å². The van der Waals surface area contributed by atoms with E-state index in [4.69, 9.17) is 0 Å². The fraction of sp³-hybridized carbons (Fsp3) is 0.421. The molecule has 1 aliphatic carbocycles. The minimum absolute atomic E-state index is 0.0598. The number of fused-ring (bicyclic) bond motifs is 1. The highest BCUT2D eigenvalue weighted by Crippen LogP contribution is 2.30. The largest absolute Gasteiger partial charge is 0.367 e. The Labute approximate surface area is 171 Å². The normalized spacial score (nSPS) is 19.3. The summed E-state index contributed by atoms with van der Waals surface area (Å²) in [6.45, 7) is 1.88. The molecule has 1 aliphatic rings. The molecule has 4 heterocycles. The van der Waals surface area contributed by atoms with Gasteiger partial charge in [0.05, 0.1) is 17.6 Å². The van der Waals surface area contributed by atoms with Gasteiger partial charge in [-0.2, -0.15) is 10.2 Å². The molecule has 0 aromatic carbocycles. The molecule has 30 heavy (non-hydrogen) atoms. The number of nitrogens with zero attached hydrogens (tertiary/aromatic N) is 9. The topological polar surface area (TPSA) is 121 Å². The highest BCUT2D eigenvalue weighted by molar-refractivity contribution is 5.86. The maximum Gasteiger partial charge on any atom is 0.267 e. The van der Waals surface area contributed by atoms with Crippen LogP contribution in [-0.4, -0.2) is 50.3 Å². The third-order valence-electron chi connectivity index (χ3n) is 5.55. The van der Waals surface area contributed by atoms with Crippen LogP contribution in [0.2, 0.25) is 0 Å². The van der Waals surface area contributed by atoms with Crippen molar-refractivity contribution in [1.82, 2.24) is 44.3 Å². The molecule has 0 aliphatic heterocycles. The van der Waals surface area contributed by atoms with E-state index in [0.717, 1.165) is 42.5 Å². The SMILES string of the molecule is Cc1nc(NC2CCC(n3nc(-n4cncn4)ccc3=O)CC2)c2cnn(C)c2n1. The molecule has 0 radical (unpaired) electrons. The fourth-order valence-corrected chi connectivity index (χ4v) is 4.02. The van der Waals surface area contributed by atoms with Crippen LogP contribution in [0.1, 0.15) is 37.5 Å². The first-order valence-corrected chi connectivity index (χ1v) is 9.96. The maximum absolute atomic E-state index is 12.4. The van der Waals surface area contributed by atoms with Crippen LogP contribution in [0, 0.1) is 6.92 Å². The molecule has 11 nitrogen and oxygen atoms in total. The number of rotatable bonds is 4. The second-order valence-electron chi connectivity index (χ2n) is 7.59. The molecule has 1 fully saturated rings. The van der Waals surface area contributed by atoms with Crippen LogP contribution in [0.25, 0.3) is 16.9 Å². The fourth-order valence-electron chi connectivity index (χ4n) is 4.02. The second-order valence-corrected chi connectivity index (χ2v) is 7.59. The zero-order valence-corrected chi connectivity index (χ0v) is 16.8. The van der Waals surface area contributed by atoms with Gasteiger partial charge in [-0.05, 0) is 38.7 Å². The smallest absolute Gasteiger partial charge is 0.267 e. The van der Waals surface area contributed by atoms with Gasteiger partial charge in [-0.1, -0.05) is 0 Å². The highest BCUT2D eigenvalue weighted by atomic mass is 16.1. The van der Waals surface area contributed by atoms with E-state index in [-0.39, 0.29) is 17.6 Å². The zero-order valence-electron chi connectivity index (χ0n) is 16.8. The van der Waals surface area contributed by atoms with Gasteiger partial charge in [0.1, 0.15) is 24.3 Å². The van der Waals surface area contributed by atoms with Gasteiger partial charge < -0.3 is 5.32 Å². The molecular weight excluding hydrogens is 384 g/mol. The number of anilines is 1. The number of aryl methyl sites for hydroxylation is 2. The molecule has 154 valence electrons. The highest BCUT2D eigenvalue weighted by Gasteiger charge is 2.25. The molecule has 5 rings (SSSR count). The first-order chi connectivity index (χ1) is 14.6. The number of hydrogen-bond donors (Lipinski definition) is 1. The number of nitrogens with one attached hydrogen (secondary N) is 1. The van der Waals surface area contributed by atoms with E-state index in [1.165, 1.54) is 12.4 Å². The molecule has 0 bridgehead atoms. The van der Waals surface area contributed by atoms with Gasteiger partial charge in [0, 0.05) is 19.2 Å². The molecule has 4 aromatic heterocycles. The molecule has 0 atom stereocenters. The molecule has 4 aromatic rings. The van der Waals surface area contributed by atoms with Crippen molar-refractivity contribution in [3.05, 3.63) is 47.2 Å². The Kier molecular flexibility index (Phi) is 4.49. The van der Waals surface area contributed by atoms with Crippen molar-refractivity contribution in [3.8, 4) is 5.82 Å². The zero-order chi connectivity index (χ0) is 20.7. The van der Waals surface area contributed by atoms with Crippen molar-refractivity contribution >= 4 is 16.9 Å². The minimum atomic E-state index is -0.0984. The third-order valence-corrected chi connectivity index (χ3v) is 5.55. The summed E-state index contributed by atoms with van der Waals surface area (Å²) in [5.41, 5.74) is 0.720. The van der Waals surface area contributed by atoms with Gasteiger partial charge in [-0.15, -0.1) is 5.10 Å². The number of hydrogen-bond acceptors (Lipinski definition) is 8. The van der Waals surface area contributed by atoms with Crippen LogP contribution in [0.15, 0.2) is 35.8 Å². The van der Waals surface area contributed by atoms with E-state index in [2.05, 4.69) is 35.6 Å². The molecule has 0 spiro atoms. The van der Waals surface area contributed by atoms with E-state index >= 15 is 0 Å². The second kappa shape index (κ2) is 7.32. The Hall–Kier alpha value is -3.63. The molecule has 1 saturated carbocycles. The van der Waals surface area contributed by atoms with Crippen LogP contribution in [-0.2, 0) is 7.05 Å². The third kappa shape index (κ3) is 3.31. The van der Waals surface area contributed by atoms with E-state index in [1.807, 2.05) is 14.0 Å². The summed E-state index contributed by atoms with van der Waals surface area (Å²) in [4.78, 5) is 25.4. The quantitative estimate of drug-likeness (QED) is 0.540. The lowest BCUT2D eigenvalue weighted by molar-refractivity contribution is 0.302. The maximum atomic E-state index is 12.4. The summed E-state index contributed by atoms with van der Waals surface area (Å²) in [5.74, 6) is 2.11. The first kappa shape index (κ1) is 18.4. The predicted molar refractivity (Wildman–Crippen MR) is 109 cm³/mol. The van der Waals surface area contributed by atoms with Crippen molar-refractivity contribution < 1.29 is 0 Å². The molecule has 11 heteroatoms. The summed E-state index contributed by atoms with van der Waals surface area (Å²) in [5, 5.41) is 17.4. The Bertz CT molecular complexity index is 1230. The van der Waals surface area contributed by atoms with Gasteiger partial charge in [0.25, 0.3) is 5.56 Å². The lowest BCUT2D eigenvalue weighted by Crippen LogP contribution is -2.33. The average molecular weight is 406 g/mol. The molecule has 0 saturated heterocycles. The molecule has 1 N–H and O–H groups in total. The summed E-state index contributed by atoms with van der Waals surface area (Å²) in [6, 6.07) is 3.53. The first-order valence-electron chi connectivity index (χ1n) is 9.96. The van der Waals surface area contributed by atoms with Crippen molar-refractivity contribution in [1.29, 1.82) is 0 Å². The van der Waals surface area contributed by atoms with Crippen LogP contribution in [0.5, 0.6) is 0 Å². The standard InChI is InChI=1S/C19H22N10O/c1-12-23-18(15-9-21-27(2)19(15)24-12)25-13-3-5-14(6-4-13)29-17(30)8-7-16(26-29)28-11-20-10-22-28/h7-11,13-14H,3-6H2,1-2H3,(H,23,24,25). The predicted octanol–water partition coefficient (Wildman–Crippen LogP) is 1.40. The lowest BCUT2D eigenvalue weighted by Gasteiger charge is -2.30.